The number of nitrogens with zero attached hydrogens (tertiary/aromatic N) is 1. The summed E-state index contributed by atoms with van der Waals surface area (Å²) in [5.41, 5.74) is 1.25. The Morgan fingerprint density at radius 3 is 2.15 bits per heavy atom. The minimum Gasteiger partial charge on any atom is -0.466 e. The van der Waals surface area contributed by atoms with Crippen molar-refractivity contribution in [3.05, 3.63) is 12.2 Å². The van der Waals surface area contributed by atoms with Gasteiger partial charge in [0.05, 0.1) is 6.61 Å². The maximum absolute atomic E-state index is 11.4. The van der Waals surface area contributed by atoms with Gasteiger partial charge in [-0.25, -0.2) is 0 Å². The van der Waals surface area contributed by atoms with Crippen molar-refractivity contribution in [2.24, 2.45) is 0 Å². The topological polar surface area (TPSA) is 29.5 Å². The van der Waals surface area contributed by atoms with Crippen LogP contribution in [0, 0.1) is 0 Å². The van der Waals surface area contributed by atoms with Gasteiger partial charge in [-0.1, -0.05) is 32.3 Å². The van der Waals surface area contributed by atoms with Crippen molar-refractivity contribution in [3.8, 4) is 0 Å². The molecule has 0 rings (SSSR count). The molecule has 0 unspecified atom stereocenters. The fourth-order valence-electron chi connectivity index (χ4n) is 1.68. The predicted octanol–water partition coefficient (Wildman–Crippen LogP) is 4.42. The lowest BCUT2D eigenvalue weighted by molar-refractivity contribution is -0.143. The van der Waals surface area contributed by atoms with Crippen molar-refractivity contribution < 1.29 is 9.53 Å². The second kappa shape index (κ2) is 16.2. The van der Waals surface area contributed by atoms with E-state index in [1.807, 2.05) is 27.9 Å². The maximum Gasteiger partial charge on any atom is 0.305 e. The second-order valence-electron chi connectivity index (χ2n) is 5.25. The van der Waals surface area contributed by atoms with Crippen LogP contribution in [-0.2, 0) is 9.53 Å². The van der Waals surface area contributed by atoms with Gasteiger partial charge in [0.2, 0.25) is 0 Å². The average molecular weight is 285 g/mol. The average Bonchev–Trinajstić information content (AvgIpc) is 2.39. The van der Waals surface area contributed by atoms with E-state index in [2.05, 4.69) is 18.4 Å². The van der Waals surface area contributed by atoms with Crippen LogP contribution in [0.15, 0.2) is 12.2 Å². The van der Waals surface area contributed by atoms with Gasteiger partial charge >= 0.3 is 5.97 Å². The quantitative estimate of drug-likeness (QED) is 0.320. The van der Waals surface area contributed by atoms with Crippen LogP contribution in [0.2, 0.25) is 0 Å². The van der Waals surface area contributed by atoms with Crippen molar-refractivity contribution >= 4 is 5.97 Å². The van der Waals surface area contributed by atoms with E-state index in [1.165, 1.54) is 18.4 Å². The Balaban J connectivity index is 0. The van der Waals surface area contributed by atoms with E-state index < -0.39 is 0 Å². The van der Waals surface area contributed by atoms with Gasteiger partial charge < -0.3 is 9.64 Å². The molecule has 0 heterocycles. The monoisotopic (exact) mass is 285 g/mol. The zero-order chi connectivity index (χ0) is 15.8. The first-order valence-corrected chi connectivity index (χ1v) is 7.97. The standard InChI is InChI=1S/C15H29NO2.C2H6/c1-14(2)10-7-5-6-8-13-18-15(17)11-9-12-16(3)4;1-2/h1,5-13H2,2-4H3;1-2H3. The number of hydrogen-bond acceptors (Lipinski definition) is 3. The van der Waals surface area contributed by atoms with Crippen molar-refractivity contribution in [1.82, 2.24) is 4.90 Å². The number of esters is 1. The van der Waals surface area contributed by atoms with Crippen LogP contribution in [0.4, 0.5) is 0 Å². The molecule has 0 aliphatic rings. The largest absolute Gasteiger partial charge is 0.466 e. The molecule has 120 valence electrons. The minimum atomic E-state index is -0.0567. The number of unbranched alkanes of at least 4 members (excludes halogenated alkanes) is 3. The highest BCUT2D eigenvalue weighted by Crippen LogP contribution is 2.08. The first-order valence-electron chi connectivity index (χ1n) is 7.97. The zero-order valence-electron chi connectivity index (χ0n) is 14.3. The Morgan fingerprint density at radius 1 is 1.00 bits per heavy atom. The predicted molar refractivity (Wildman–Crippen MR) is 88.0 cm³/mol. The van der Waals surface area contributed by atoms with E-state index >= 15 is 0 Å². The van der Waals surface area contributed by atoms with E-state index in [4.69, 9.17) is 4.74 Å². The van der Waals surface area contributed by atoms with Crippen LogP contribution < -0.4 is 0 Å². The molecule has 0 aliphatic heterocycles. The minimum absolute atomic E-state index is 0.0567. The molecule has 0 aromatic carbocycles. The summed E-state index contributed by atoms with van der Waals surface area (Å²) in [7, 11) is 4.02. The first kappa shape index (κ1) is 21.5. The summed E-state index contributed by atoms with van der Waals surface area (Å²) in [4.78, 5) is 13.4. The van der Waals surface area contributed by atoms with Crippen LogP contribution in [-0.4, -0.2) is 38.1 Å². The van der Waals surface area contributed by atoms with Gasteiger partial charge in [-0.3, -0.25) is 4.79 Å². The molecule has 0 spiro atoms. The van der Waals surface area contributed by atoms with E-state index in [9.17, 15) is 4.79 Å². The molecule has 0 aromatic rings. The number of carbonyl (C=O) groups excluding carboxylic acids is 1. The number of ether oxygens (including phenoxy) is 1. The summed E-state index contributed by atoms with van der Waals surface area (Å²) >= 11 is 0. The van der Waals surface area contributed by atoms with E-state index in [0.29, 0.717) is 13.0 Å². The van der Waals surface area contributed by atoms with Crippen LogP contribution in [0.1, 0.15) is 65.7 Å². The Hall–Kier alpha value is -0.830. The molecule has 0 aromatic heterocycles. The third kappa shape index (κ3) is 19.5. The number of hydrogen-bond donors (Lipinski definition) is 0. The fraction of sp³-hybridized carbons (Fsp3) is 0.824. The van der Waals surface area contributed by atoms with Gasteiger partial charge in [-0.15, -0.1) is 6.58 Å². The molecule has 0 fully saturated rings. The lowest BCUT2D eigenvalue weighted by Crippen LogP contribution is -2.15. The molecule has 0 atom stereocenters. The highest BCUT2D eigenvalue weighted by Gasteiger charge is 2.02. The Labute approximate surface area is 126 Å². The molecule has 3 heteroatoms. The molecule has 3 nitrogen and oxygen atoms in total. The molecule has 0 saturated carbocycles. The SMILES string of the molecule is C=C(C)CCCCCCOC(=O)CCCN(C)C.CC. The Kier molecular flexibility index (Phi) is 17.4. The van der Waals surface area contributed by atoms with Gasteiger partial charge in [-0.05, 0) is 53.2 Å². The summed E-state index contributed by atoms with van der Waals surface area (Å²) in [5.74, 6) is -0.0567. The summed E-state index contributed by atoms with van der Waals surface area (Å²) in [6.45, 7) is 11.5. The lowest BCUT2D eigenvalue weighted by Gasteiger charge is -2.08. The maximum atomic E-state index is 11.4. The van der Waals surface area contributed by atoms with Crippen LogP contribution >= 0.6 is 0 Å². The molecule has 0 amide bonds. The third-order valence-corrected chi connectivity index (χ3v) is 2.75. The van der Waals surface area contributed by atoms with Crippen LogP contribution in [0.5, 0.6) is 0 Å². The first-order chi connectivity index (χ1) is 9.52. The molecule has 0 saturated heterocycles. The number of allylic oxidation sites excluding steroid dienone is 1. The van der Waals surface area contributed by atoms with Crippen molar-refractivity contribution in [2.75, 3.05) is 27.2 Å². The molecule has 0 N–H and O–H groups in total. The van der Waals surface area contributed by atoms with E-state index in [1.54, 1.807) is 0 Å². The van der Waals surface area contributed by atoms with Gasteiger partial charge in [0.25, 0.3) is 0 Å². The normalized spacial score (nSPS) is 9.90. The van der Waals surface area contributed by atoms with Crippen LogP contribution in [0.25, 0.3) is 0 Å². The molecule has 0 radical (unpaired) electrons. The number of rotatable bonds is 11. The van der Waals surface area contributed by atoms with E-state index in [-0.39, 0.29) is 5.97 Å². The molecular weight excluding hydrogens is 250 g/mol. The van der Waals surface area contributed by atoms with Crippen molar-refractivity contribution in [3.63, 3.8) is 0 Å². The fourth-order valence-corrected chi connectivity index (χ4v) is 1.68. The van der Waals surface area contributed by atoms with Crippen molar-refractivity contribution in [1.29, 1.82) is 0 Å². The number of carbonyl (C=O) groups is 1. The van der Waals surface area contributed by atoms with Crippen LogP contribution in [0.3, 0.4) is 0 Å². The third-order valence-electron chi connectivity index (χ3n) is 2.75. The summed E-state index contributed by atoms with van der Waals surface area (Å²) < 4.78 is 5.18. The zero-order valence-corrected chi connectivity index (χ0v) is 14.3. The smallest absolute Gasteiger partial charge is 0.305 e. The molecule has 0 aliphatic carbocycles. The lowest BCUT2D eigenvalue weighted by atomic mass is 10.1. The van der Waals surface area contributed by atoms with Crippen molar-refractivity contribution in [2.45, 2.75) is 65.7 Å². The van der Waals surface area contributed by atoms with Gasteiger partial charge in [0.15, 0.2) is 0 Å². The summed E-state index contributed by atoms with van der Waals surface area (Å²) in [5, 5.41) is 0. The molecule has 20 heavy (non-hydrogen) atoms. The Bertz CT molecular complexity index is 237. The van der Waals surface area contributed by atoms with E-state index in [0.717, 1.165) is 32.2 Å². The molecule has 0 bridgehead atoms. The van der Waals surface area contributed by atoms with Gasteiger partial charge in [-0.2, -0.15) is 0 Å². The van der Waals surface area contributed by atoms with Gasteiger partial charge in [0, 0.05) is 6.42 Å². The summed E-state index contributed by atoms with van der Waals surface area (Å²) in [6.07, 6.45) is 7.05. The highest BCUT2D eigenvalue weighted by molar-refractivity contribution is 5.69. The highest BCUT2D eigenvalue weighted by atomic mass is 16.5. The van der Waals surface area contributed by atoms with Gasteiger partial charge in [0.1, 0.15) is 0 Å². The Morgan fingerprint density at radius 2 is 1.60 bits per heavy atom. The second-order valence-corrected chi connectivity index (χ2v) is 5.25. The summed E-state index contributed by atoms with van der Waals surface area (Å²) in [6, 6.07) is 0. The molecular formula is C17H35NO2.